The SMILES string of the molecule is Cc1ccc(-n2nc(C)c3c(C(F)(F)F)cc(=O)n(Cc4nc(-c5ccccc5)oc4C)c32)cc1. The summed E-state index contributed by atoms with van der Waals surface area (Å²) in [6, 6.07) is 17.1. The fraction of sp³-hybridized carbons (Fsp3) is 0.192. The molecule has 0 radical (unpaired) electrons. The molecule has 0 aliphatic rings. The maximum atomic E-state index is 13.9. The van der Waals surface area contributed by atoms with E-state index in [4.69, 9.17) is 4.42 Å². The maximum Gasteiger partial charge on any atom is 0.417 e. The number of rotatable bonds is 4. The van der Waals surface area contributed by atoms with Crippen LogP contribution in [0.15, 0.2) is 69.9 Å². The van der Waals surface area contributed by atoms with Gasteiger partial charge in [-0.25, -0.2) is 9.67 Å². The molecule has 0 aliphatic heterocycles. The lowest BCUT2D eigenvalue weighted by molar-refractivity contribution is -0.136. The third-order valence-electron chi connectivity index (χ3n) is 5.90. The number of fused-ring (bicyclic) bond motifs is 1. The van der Waals surface area contributed by atoms with E-state index in [0.29, 0.717) is 29.1 Å². The van der Waals surface area contributed by atoms with Gasteiger partial charge in [-0.05, 0) is 45.0 Å². The summed E-state index contributed by atoms with van der Waals surface area (Å²) in [6.45, 7) is 5.05. The van der Waals surface area contributed by atoms with E-state index in [-0.39, 0.29) is 23.3 Å². The van der Waals surface area contributed by atoms with Crippen LogP contribution in [0, 0.1) is 20.8 Å². The zero-order valence-corrected chi connectivity index (χ0v) is 19.2. The van der Waals surface area contributed by atoms with Crippen LogP contribution in [0.1, 0.15) is 28.3 Å². The third kappa shape index (κ3) is 4.03. The summed E-state index contributed by atoms with van der Waals surface area (Å²) in [5.41, 5.74) is 1.14. The van der Waals surface area contributed by atoms with Crippen molar-refractivity contribution in [3.63, 3.8) is 0 Å². The second-order valence-corrected chi connectivity index (χ2v) is 8.40. The molecule has 0 saturated heterocycles. The van der Waals surface area contributed by atoms with E-state index in [1.54, 1.807) is 19.1 Å². The summed E-state index contributed by atoms with van der Waals surface area (Å²) >= 11 is 0. The van der Waals surface area contributed by atoms with Crippen LogP contribution < -0.4 is 5.56 Å². The fourth-order valence-corrected chi connectivity index (χ4v) is 4.13. The van der Waals surface area contributed by atoms with Gasteiger partial charge in [0.15, 0.2) is 0 Å². The number of hydrogen-bond donors (Lipinski definition) is 0. The first-order valence-electron chi connectivity index (χ1n) is 10.9. The molecule has 5 aromatic rings. The molecule has 3 aromatic heterocycles. The van der Waals surface area contributed by atoms with Gasteiger partial charge < -0.3 is 4.42 Å². The number of alkyl halides is 3. The summed E-state index contributed by atoms with van der Waals surface area (Å²) in [4.78, 5) is 17.6. The Morgan fingerprint density at radius 3 is 2.31 bits per heavy atom. The van der Waals surface area contributed by atoms with E-state index >= 15 is 0 Å². The van der Waals surface area contributed by atoms with Crippen LogP contribution in [0.4, 0.5) is 13.2 Å². The average molecular weight is 478 g/mol. The molecule has 0 atom stereocenters. The number of halogens is 3. The van der Waals surface area contributed by atoms with Crippen LogP contribution in [-0.2, 0) is 12.7 Å². The number of pyridine rings is 1. The molecule has 0 unspecified atom stereocenters. The van der Waals surface area contributed by atoms with Gasteiger partial charge in [0.2, 0.25) is 5.89 Å². The zero-order chi connectivity index (χ0) is 24.9. The third-order valence-corrected chi connectivity index (χ3v) is 5.90. The van der Waals surface area contributed by atoms with E-state index in [0.717, 1.165) is 11.1 Å². The van der Waals surface area contributed by atoms with Crippen molar-refractivity contribution in [2.45, 2.75) is 33.5 Å². The van der Waals surface area contributed by atoms with Crippen molar-refractivity contribution < 1.29 is 17.6 Å². The van der Waals surface area contributed by atoms with Crippen LogP contribution in [0.3, 0.4) is 0 Å². The van der Waals surface area contributed by atoms with E-state index in [9.17, 15) is 18.0 Å². The molecular formula is C26H21F3N4O2. The lowest BCUT2D eigenvalue weighted by atomic mass is 10.1. The minimum Gasteiger partial charge on any atom is -0.441 e. The molecule has 0 spiro atoms. The summed E-state index contributed by atoms with van der Waals surface area (Å²) in [7, 11) is 0. The molecule has 9 heteroatoms. The minimum atomic E-state index is -4.72. The van der Waals surface area contributed by atoms with Crippen molar-refractivity contribution in [2.24, 2.45) is 0 Å². The molecule has 3 heterocycles. The largest absolute Gasteiger partial charge is 0.441 e. The maximum absolute atomic E-state index is 13.9. The Kier molecular flexibility index (Phi) is 5.35. The molecule has 178 valence electrons. The molecule has 35 heavy (non-hydrogen) atoms. The van der Waals surface area contributed by atoms with Crippen LogP contribution in [0.25, 0.3) is 28.2 Å². The monoisotopic (exact) mass is 478 g/mol. The molecule has 0 amide bonds. The number of nitrogens with zero attached hydrogens (tertiary/aromatic N) is 4. The summed E-state index contributed by atoms with van der Waals surface area (Å²) in [5.74, 6) is 0.847. The summed E-state index contributed by atoms with van der Waals surface area (Å²) < 4.78 is 50.3. The highest BCUT2D eigenvalue weighted by atomic mass is 19.4. The van der Waals surface area contributed by atoms with Crippen molar-refractivity contribution in [1.82, 2.24) is 19.3 Å². The molecule has 0 fully saturated rings. The molecular weight excluding hydrogens is 457 g/mol. The van der Waals surface area contributed by atoms with E-state index in [1.807, 2.05) is 49.4 Å². The van der Waals surface area contributed by atoms with Gasteiger partial charge in [-0.15, -0.1) is 0 Å². The van der Waals surface area contributed by atoms with Crippen LogP contribution >= 0.6 is 0 Å². The first kappa shape index (κ1) is 22.6. The molecule has 0 bridgehead atoms. The Balaban J connectivity index is 1.74. The zero-order valence-electron chi connectivity index (χ0n) is 19.2. The normalized spacial score (nSPS) is 11.9. The van der Waals surface area contributed by atoms with Crippen molar-refractivity contribution in [2.75, 3.05) is 0 Å². The van der Waals surface area contributed by atoms with Gasteiger partial charge in [-0.1, -0.05) is 35.9 Å². The molecule has 5 rings (SSSR count). The minimum absolute atomic E-state index is 0.0508. The second kappa shape index (κ2) is 8.26. The summed E-state index contributed by atoms with van der Waals surface area (Å²) in [6.07, 6.45) is -4.72. The van der Waals surface area contributed by atoms with Crippen LogP contribution in [0.5, 0.6) is 0 Å². The first-order chi connectivity index (χ1) is 16.6. The standard InChI is InChI=1S/C26H21F3N4O2/c1-15-9-11-19(12-10-15)33-25-23(16(2)31-33)20(26(27,28)29)13-22(34)32(25)14-21-17(3)35-24(30-21)18-7-5-4-6-8-18/h4-13H,14H2,1-3H3. The highest BCUT2D eigenvalue weighted by molar-refractivity contribution is 5.84. The second-order valence-electron chi connectivity index (χ2n) is 8.40. The molecule has 0 aliphatic carbocycles. The Labute approximate surface area is 198 Å². The Morgan fingerprint density at radius 1 is 0.971 bits per heavy atom. The van der Waals surface area contributed by atoms with Crippen LogP contribution in [-0.4, -0.2) is 19.3 Å². The molecule has 0 N–H and O–H groups in total. The number of aryl methyl sites for hydroxylation is 3. The number of hydrogen-bond acceptors (Lipinski definition) is 4. The first-order valence-corrected chi connectivity index (χ1v) is 10.9. The fourth-order valence-electron chi connectivity index (χ4n) is 4.13. The van der Waals surface area contributed by atoms with Gasteiger partial charge in [0, 0.05) is 11.6 Å². The Bertz CT molecular complexity index is 1590. The highest BCUT2D eigenvalue weighted by Crippen LogP contribution is 2.36. The van der Waals surface area contributed by atoms with Gasteiger partial charge in [-0.2, -0.15) is 18.3 Å². The predicted molar refractivity (Wildman–Crippen MR) is 126 cm³/mol. The van der Waals surface area contributed by atoms with Gasteiger partial charge in [0.05, 0.1) is 28.9 Å². The number of aromatic nitrogens is 4. The van der Waals surface area contributed by atoms with Crippen molar-refractivity contribution in [1.29, 1.82) is 0 Å². The van der Waals surface area contributed by atoms with Gasteiger partial charge >= 0.3 is 6.18 Å². The van der Waals surface area contributed by atoms with Gasteiger partial charge in [-0.3, -0.25) is 9.36 Å². The van der Waals surface area contributed by atoms with Gasteiger partial charge in [0.25, 0.3) is 5.56 Å². The highest BCUT2D eigenvalue weighted by Gasteiger charge is 2.36. The molecule has 2 aromatic carbocycles. The van der Waals surface area contributed by atoms with E-state index in [1.165, 1.54) is 16.2 Å². The number of benzene rings is 2. The Hall–Kier alpha value is -4.14. The molecule has 0 saturated carbocycles. The van der Waals surface area contributed by atoms with Crippen molar-refractivity contribution in [3.8, 4) is 17.1 Å². The van der Waals surface area contributed by atoms with Crippen molar-refractivity contribution >= 4 is 11.0 Å². The lowest BCUT2D eigenvalue weighted by Gasteiger charge is -2.14. The lowest BCUT2D eigenvalue weighted by Crippen LogP contribution is -2.25. The Morgan fingerprint density at radius 2 is 1.66 bits per heavy atom. The average Bonchev–Trinajstić information content (AvgIpc) is 3.36. The quantitative estimate of drug-likeness (QED) is 0.326. The van der Waals surface area contributed by atoms with Crippen molar-refractivity contribution in [3.05, 3.63) is 99.3 Å². The smallest absolute Gasteiger partial charge is 0.417 e. The number of oxazole rings is 1. The topological polar surface area (TPSA) is 65.8 Å². The predicted octanol–water partition coefficient (Wildman–Crippen LogP) is 5.83. The summed E-state index contributed by atoms with van der Waals surface area (Å²) in [5, 5.41) is 4.27. The van der Waals surface area contributed by atoms with Crippen LogP contribution in [0.2, 0.25) is 0 Å². The van der Waals surface area contributed by atoms with Gasteiger partial charge in [0.1, 0.15) is 17.1 Å². The van der Waals surface area contributed by atoms with E-state index in [2.05, 4.69) is 10.1 Å². The van der Waals surface area contributed by atoms with E-state index < -0.39 is 17.3 Å². The molecule has 6 nitrogen and oxygen atoms in total.